The largest absolute Gasteiger partial charge is 0.506 e. The van der Waals surface area contributed by atoms with Gasteiger partial charge in [0.2, 0.25) is 5.91 Å². The maximum Gasteiger partial charge on any atom is 0.350 e. The Bertz CT molecular complexity index is 816. The minimum Gasteiger partial charge on any atom is -0.506 e. The number of nitrogens with one attached hydrogen (secondary N) is 1. The molecule has 2 N–H and O–H groups in total. The Morgan fingerprint density at radius 1 is 1.38 bits per heavy atom. The first-order valence-corrected chi connectivity index (χ1v) is 6.35. The first kappa shape index (κ1) is 16.7. The zero-order valence-corrected chi connectivity index (χ0v) is 12.2. The van der Waals surface area contributed by atoms with Gasteiger partial charge in [-0.3, -0.25) is 29.7 Å². The maximum absolute atomic E-state index is 11.9. The van der Waals surface area contributed by atoms with Gasteiger partial charge in [-0.15, -0.1) is 5.10 Å². The van der Waals surface area contributed by atoms with Crippen LogP contribution in [0, 0.1) is 20.2 Å². The maximum atomic E-state index is 11.9. The van der Waals surface area contributed by atoms with Crippen molar-refractivity contribution in [2.45, 2.75) is 6.54 Å². The molecular formula is C12H11N5O7. The van der Waals surface area contributed by atoms with Crippen LogP contribution in [0.25, 0.3) is 0 Å². The Hall–Kier alpha value is -3.70. The third-order valence-corrected chi connectivity index (χ3v) is 2.87. The average molecular weight is 337 g/mol. The highest BCUT2D eigenvalue weighted by Gasteiger charge is 2.21. The van der Waals surface area contributed by atoms with Crippen molar-refractivity contribution in [3.05, 3.63) is 44.6 Å². The van der Waals surface area contributed by atoms with Gasteiger partial charge in [0.25, 0.3) is 5.69 Å². The Labute approximate surface area is 133 Å². The number of ether oxygens (including phenoxy) is 1. The molecule has 0 spiro atoms. The fraction of sp³-hybridized carbons (Fsp3) is 0.167. The van der Waals surface area contributed by atoms with E-state index in [1.807, 2.05) is 0 Å². The van der Waals surface area contributed by atoms with E-state index in [2.05, 4.69) is 10.4 Å². The normalized spacial score (nSPS) is 10.2. The molecule has 0 aliphatic rings. The van der Waals surface area contributed by atoms with E-state index >= 15 is 0 Å². The van der Waals surface area contributed by atoms with Crippen molar-refractivity contribution in [3.8, 4) is 11.6 Å². The number of benzene rings is 1. The summed E-state index contributed by atoms with van der Waals surface area (Å²) < 4.78 is 5.73. The molecule has 1 heterocycles. The van der Waals surface area contributed by atoms with Crippen LogP contribution in [0.4, 0.5) is 17.1 Å². The number of hydrogen-bond donors (Lipinski definition) is 2. The van der Waals surface area contributed by atoms with Crippen molar-refractivity contribution in [1.29, 1.82) is 0 Å². The van der Waals surface area contributed by atoms with Crippen LogP contribution in [-0.2, 0) is 11.3 Å². The molecule has 0 unspecified atom stereocenters. The van der Waals surface area contributed by atoms with Crippen LogP contribution in [-0.4, -0.2) is 37.8 Å². The number of hydrogen-bond acceptors (Lipinski definition) is 8. The van der Waals surface area contributed by atoms with E-state index < -0.39 is 27.2 Å². The number of aromatic nitrogens is 2. The third kappa shape index (κ3) is 3.55. The number of carbonyl (C=O) groups excluding carboxylic acids is 1. The Kier molecular flexibility index (Phi) is 4.58. The van der Waals surface area contributed by atoms with Gasteiger partial charge in [-0.25, -0.2) is 0 Å². The van der Waals surface area contributed by atoms with Crippen molar-refractivity contribution in [2.75, 3.05) is 12.4 Å². The van der Waals surface area contributed by atoms with Gasteiger partial charge in [0.05, 0.1) is 28.7 Å². The van der Waals surface area contributed by atoms with Crippen LogP contribution >= 0.6 is 0 Å². The average Bonchev–Trinajstić information content (AvgIpc) is 2.92. The number of anilines is 1. The smallest absolute Gasteiger partial charge is 0.350 e. The first-order chi connectivity index (χ1) is 11.3. The number of nitro benzene ring substituents is 1. The topological polar surface area (TPSA) is 163 Å². The number of non-ortho nitro benzene ring substituents is 1. The van der Waals surface area contributed by atoms with E-state index in [0.29, 0.717) is 0 Å². The molecule has 0 aliphatic heterocycles. The van der Waals surface area contributed by atoms with E-state index in [1.54, 1.807) is 0 Å². The summed E-state index contributed by atoms with van der Waals surface area (Å²) in [4.78, 5) is 31.9. The zero-order chi connectivity index (χ0) is 17.9. The molecular weight excluding hydrogens is 326 g/mol. The fourth-order valence-corrected chi connectivity index (χ4v) is 1.82. The molecule has 12 heteroatoms. The van der Waals surface area contributed by atoms with Crippen LogP contribution < -0.4 is 10.1 Å². The van der Waals surface area contributed by atoms with Crippen LogP contribution in [0.5, 0.6) is 11.6 Å². The minimum absolute atomic E-state index is 0.0424. The lowest BCUT2D eigenvalue weighted by molar-refractivity contribution is -0.385. The second kappa shape index (κ2) is 6.60. The molecule has 0 aliphatic carbocycles. The summed E-state index contributed by atoms with van der Waals surface area (Å²) in [5.74, 6) is -1.38. The lowest BCUT2D eigenvalue weighted by Crippen LogP contribution is -2.19. The molecule has 0 saturated carbocycles. The van der Waals surface area contributed by atoms with Gasteiger partial charge in [0.15, 0.2) is 0 Å². The molecule has 1 aromatic carbocycles. The lowest BCUT2D eigenvalue weighted by Gasteiger charge is -2.07. The Morgan fingerprint density at radius 3 is 2.58 bits per heavy atom. The lowest BCUT2D eigenvalue weighted by atomic mass is 10.2. The summed E-state index contributed by atoms with van der Waals surface area (Å²) in [5, 5.41) is 37.1. The zero-order valence-electron chi connectivity index (χ0n) is 12.2. The predicted octanol–water partition coefficient (Wildman–Crippen LogP) is 1.05. The summed E-state index contributed by atoms with van der Waals surface area (Å²) in [6, 6.07) is 3.16. The molecule has 0 saturated heterocycles. The number of nitro groups is 2. The van der Waals surface area contributed by atoms with E-state index in [0.717, 1.165) is 29.1 Å². The first-order valence-electron chi connectivity index (χ1n) is 6.35. The van der Waals surface area contributed by atoms with E-state index in [9.17, 15) is 30.1 Å². The van der Waals surface area contributed by atoms with Gasteiger partial charge in [0.1, 0.15) is 18.5 Å². The van der Waals surface area contributed by atoms with Gasteiger partial charge in [0, 0.05) is 6.07 Å². The van der Waals surface area contributed by atoms with Crippen molar-refractivity contribution in [3.63, 3.8) is 0 Å². The summed E-state index contributed by atoms with van der Waals surface area (Å²) in [5.41, 5.74) is -0.777. The second-order valence-electron chi connectivity index (χ2n) is 4.49. The number of phenols is 1. The molecule has 126 valence electrons. The van der Waals surface area contributed by atoms with Crippen molar-refractivity contribution in [1.82, 2.24) is 9.78 Å². The Balaban J connectivity index is 2.11. The molecule has 2 aromatic rings. The molecule has 0 bridgehead atoms. The van der Waals surface area contributed by atoms with Crippen LogP contribution in [0.1, 0.15) is 0 Å². The summed E-state index contributed by atoms with van der Waals surface area (Å²) >= 11 is 0. The van der Waals surface area contributed by atoms with Crippen LogP contribution in [0.3, 0.4) is 0 Å². The van der Waals surface area contributed by atoms with Gasteiger partial charge in [-0.1, -0.05) is 0 Å². The van der Waals surface area contributed by atoms with Crippen LogP contribution in [0.15, 0.2) is 24.4 Å². The van der Waals surface area contributed by atoms with E-state index in [4.69, 9.17) is 4.74 Å². The fourth-order valence-electron chi connectivity index (χ4n) is 1.82. The minimum atomic E-state index is -0.706. The number of nitrogens with zero attached hydrogens (tertiary/aromatic N) is 4. The molecule has 24 heavy (non-hydrogen) atoms. The number of phenolic OH excluding ortho intramolecular Hbond substituents is 1. The second-order valence-corrected chi connectivity index (χ2v) is 4.49. The highest BCUT2D eigenvalue weighted by atomic mass is 16.6. The highest BCUT2D eigenvalue weighted by Crippen LogP contribution is 2.28. The van der Waals surface area contributed by atoms with Gasteiger partial charge < -0.3 is 15.2 Å². The van der Waals surface area contributed by atoms with Crippen molar-refractivity contribution in [2.24, 2.45) is 0 Å². The Morgan fingerprint density at radius 2 is 2.08 bits per heavy atom. The van der Waals surface area contributed by atoms with Crippen molar-refractivity contribution >= 4 is 23.0 Å². The summed E-state index contributed by atoms with van der Waals surface area (Å²) in [6.07, 6.45) is 1.02. The summed E-state index contributed by atoms with van der Waals surface area (Å²) in [6.45, 7) is -0.388. The number of amides is 1. The van der Waals surface area contributed by atoms with Gasteiger partial charge in [-0.05, 0) is 6.07 Å². The molecule has 0 radical (unpaired) electrons. The summed E-state index contributed by atoms with van der Waals surface area (Å²) in [7, 11) is 1.20. The standard InChI is InChI=1S/C12H11N5O7/c1-24-12-9(17(22)23)5-15(14-12)6-11(19)13-8-3-2-7(16(20)21)4-10(8)18/h2-5,18H,6H2,1H3,(H,13,19). The highest BCUT2D eigenvalue weighted by molar-refractivity contribution is 5.92. The monoisotopic (exact) mass is 337 g/mol. The van der Waals surface area contributed by atoms with Crippen LogP contribution in [0.2, 0.25) is 0 Å². The molecule has 0 fully saturated rings. The number of rotatable bonds is 6. The van der Waals surface area contributed by atoms with Gasteiger partial charge >= 0.3 is 11.6 Å². The molecule has 12 nitrogen and oxygen atoms in total. The third-order valence-electron chi connectivity index (χ3n) is 2.87. The van der Waals surface area contributed by atoms with E-state index in [-0.39, 0.29) is 23.8 Å². The van der Waals surface area contributed by atoms with Crippen molar-refractivity contribution < 1.29 is 24.5 Å². The molecule has 2 rings (SSSR count). The number of carbonyl (C=O) groups is 1. The SMILES string of the molecule is COc1nn(CC(=O)Nc2ccc([N+](=O)[O-])cc2O)cc1[N+](=O)[O-]. The van der Waals surface area contributed by atoms with E-state index in [1.165, 1.54) is 7.11 Å². The quantitative estimate of drug-likeness (QED) is 0.449. The molecule has 1 amide bonds. The number of aromatic hydroxyl groups is 1. The molecule has 1 aromatic heterocycles. The molecule has 0 atom stereocenters. The van der Waals surface area contributed by atoms with Gasteiger partial charge in [-0.2, -0.15) is 0 Å². The predicted molar refractivity (Wildman–Crippen MR) is 78.8 cm³/mol. The number of methoxy groups -OCH3 is 1.